The lowest BCUT2D eigenvalue weighted by Crippen LogP contribution is -2.50. The first kappa shape index (κ1) is 29.9. The predicted octanol–water partition coefficient (Wildman–Crippen LogP) is 1.64. The lowest BCUT2D eigenvalue weighted by atomic mass is 10.0. The minimum Gasteiger partial charge on any atom is -0.451 e. The molecule has 0 saturated carbocycles. The zero-order valence-corrected chi connectivity index (χ0v) is 21.3. The van der Waals surface area contributed by atoms with Crippen LogP contribution in [0, 0.1) is 17.8 Å². The first-order valence-corrected chi connectivity index (χ1v) is 12.0. The summed E-state index contributed by atoms with van der Waals surface area (Å²) < 4.78 is 5.30. The fourth-order valence-corrected chi connectivity index (χ4v) is 3.55. The van der Waals surface area contributed by atoms with E-state index in [1.165, 1.54) is 13.8 Å². The third kappa shape index (κ3) is 12.1. The molecule has 0 aliphatic heterocycles. The number of carbonyl (C=O) groups excluding carboxylic acids is 5. The van der Waals surface area contributed by atoms with Crippen molar-refractivity contribution in [3.63, 3.8) is 0 Å². The minimum absolute atomic E-state index is 0.144. The molecule has 0 fully saturated rings. The molecule has 0 radical (unpaired) electrons. The summed E-state index contributed by atoms with van der Waals surface area (Å²) in [6.45, 7) is 14.1. The second-order valence-corrected chi connectivity index (χ2v) is 9.95. The highest BCUT2D eigenvalue weighted by Crippen LogP contribution is 2.14. The van der Waals surface area contributed by atoms with Crippen molar-refractivity contribution in [2.45, 2.75) is 80.0 Å². The largest absolute Gasteiger partial charge is 0.451 e. The second-order valence-electron chi connectivity index (χ2n) is 8.85. The van der Waals surface area contributed by atoms with E-state index in [4.69, 9.17) is 4.74 Å². The van der Waals surface area contributed by atoms with Crippen molar-refractivity contribution in [2.24, 2.45) is 17.8 Å². The molecule has 9 nitrogen and oxygen atoms in total. The molecule has 3 amide bonds. The first-order valence-electron chi connectivity index (χ1n) is 11.0. The third-order valence-electron chi connectivity index (χ3n) is 4.43. The van der Waals surface area contributed by atoms with Gasteiger partial charge in [0, 0.05) is 25.6 Å². The number of hydrogen-bond donors (Lipinski definition) is 3. The van der Waals surface area contributed by atoms with E-state index in [2.05, 4.69) is 16.0 Å². The van der Waals surface area contributed by atoms with Crippen molar-refractivity contribution in [1.82, 2.24) is 16.0 Å². The Hall–Kier alpha value is -2.10. The van der Waals surface area contributed by atoms with E-state index in [1.54, 1.807) is 27.7 Å². The molecule has 184 valence electrons. The molecule has 0 aromatic heterocycles. The molecule has 3 N–H and O–H groups in total. The molecule has 0 heterocycles. The molecule has 3 atom stereocenters. The smallest absolute Gasteiger partial charge is 0.329 e. The van der Waals surface area contributed by atoms with Crippen molar-refractivity contribution in [3.05, 3.63) is 0 Å². The van der Waals surface area contributed by atoms with E-state index in [-0.39, 0.29) is 41.1 Å². The van der Waals surface area contributed by atoms with E-state index < -0.39 is 30.1 Å². The molecule has 0 bridgehead atoms. The number of hydrogen-bond acceptors (Lipinski definition) is 7. The molecular formula is C22H39N3O6S. The van der Waals surface area contributed by atoms with Crippen molar-refractivity contribution >= 4 is 40.6 Å². The van der Waals surface area contributed by atoms with Crippen LogP contribution in [-0.4, -0.2) is 59.3 Å². The van der Waals surface area contributed by atoms with Crippen LogP contribution >= 0.6 is 11.8 Å². The monoisotopic (exact) mass is 473 g/mol. The highest BCUT2D eigenvalue weighted by Gasteiger charge is 2.31. The molecule has 32 heavy (non-hydrogen) atoms. The fraction of sp³-hybridized carbons (Fsp3) is 0.773. The average Bonchev–Trinajstić information content (AvgIpc) is 2.65. The van der Waals surface area contributed by atoms with Crippen LogP contribution in [0.2, 0.25) is 0 Å². The third-order valence-corrected chi connectivity index (χ3v) is 5.38. The van der Waals surface area contributed by atoms with Gasteiger partial charge in [-0.15, -0.1) is 0 Å². The lowest BCUT2D eigenvalue weighted by molar-refractivity contribution is -0.159. The van der Waals surface area contributed by atoms with Crippen LogP contribution in [0.15, 0.2) is 0 Å². The van der Waals surface area contributed by atoms with Crippen LogP contribution in [0.1, 0.15) is 61.8 Å². The number of esters is 1. The van der Waals surface area contributed by atoms with Crippen molar-refractivity contribution < 1.29 is 28.7 Å². The molecular weight excluding hydrogens is 434 g/mol. The first-order chi connectivity index (χ1) is 14.8. The second kappa shape index (κ2) is 14.9. The van der Waals surface area contributed by atoms with Crippen LogP contribution in [-0.2, 0) is 28.7 Å². The van der Waals surface area contributed by atoms with Gasteiger partial charge in [0.15, 0.2) is 6.10 Å². The molecule has 0 aromatic carbocycles. The van der Waals surface area contributed by atoms with E-state index in [9.17, 15) is 24.0 Å². The maximum atomic E-state index is 12.6. The molecule has 0 aliphatic carbocycles. The molecule has 0 aromatic rings. The summed E-state index contributed by atoms with van der Waals surface area (Å²) in [6.07, 6.45) is -0.853. The van der Waals surface area contributed by atoms with E-state index in [1.807, 2.05) is 13.8 Å². The van der Waals surface area contributed by atoms with Gasteiger partial charge >= 0.3 is 5.97 Å². The Morgan fingerprint density at radius 3 is 1.88 bits per heavy atom. The number of carbonyl (C=O) groups is 5. The van der Waals surface area contributed by atoms with Crippen LogP contribution in [0.25, 0.3) is 0 Å². The molecule has 0 spiro atoms. The van der Waals surface area contributed by atoms with Gasteiger partial charge in [-0.25, -0.2) is 4.79 Å². The SMILES string of the molecule is CC(=O)NCCSC(=O)[C@@H](NC(=O)[C@H](C)OC(=O)C(NC(=O)CC(C)C)C(C)C)C(C)C. The van der Waals surface area contributed by atoms with Crippen LogP contribution in [0.5, 0.6) is 0 Å². The molecule has 0 aliphatic rings. The van der Waals surface area contributed by atoms with E-state index >= 15 is 0 Å². The number of ether oxygens (including phenoxy) is 1. The zero-order valence-electron chi connectivity index (χ0n) is 20.4. The number of thioether (sulfide) groups is 1. The number of nitrogens with one attached hydrogen (secondary N) is 3. The van der Waals surface area contributed by atoms with Gasteiger partial charge in [0.2, 0.25) is 16.9 Å². The molecule has 1 unspecified atom stereocenters. The van der Waals surface area contributed by atoms with Gasteiger partial charge in [-0.2, -0.15) is 0 Å². The van der Waals surface area contributed by atoms with Gasteiger partial charge in [-0.1, -0.05) is 53.3 Å². The summed E-state index contributed by atoms with van der Waals surface area (Å²) in [6, 6.07) is -1.64. The van der Waals surface area contributed by atoms with Gasteiger partial charge in [-0.3, -0.25) is 19.2 Å². The summed E-state index contributed by atoms with van der Waals surface area (Å²) in [5.74, 6) is -1.60. The quantitative estimate of drug-likeness (QED) is 0.274. The van der Waals surface area contributed by atoms with Crippen LogP contribution in [0.3, 0.4) is 0 Å². The topological polar surface area (TPSA) is 131 Å². The van der Waals surface area contributed by atoms with Crippen molar-refractivity contribution in [1.29, 1.82) is 0 Å². The van der Waals surface area contributed by atoms with E-state index in [0.717, 1.165) is 11.8 Å². The highest BCUT2D eigenvalue weighted by molar-refractivity contribution is 8.13. The summed E-state index contributed by atoms with van der Waals surface area (Å²) in [5, 5.41) is 7.69. The predicted molar refractivity (Wildman–Crippen MR) is 125 cm³/mol. The van der Waals surface area contributed by atoms with Crippen LogP contribution < -0.4 is 16.0 Å². The maximum Gasteiger partial charge on any atom is 0.329 e. The van der Waals surface area contributed by atoms with Crippen LogP contribution in [0.4, 0.5) is 0 Å². The summed E-state index contributed by atoms with van der Waals surface area (Å²) in [4.78, 5) is 60.6. The van der Waals surface area contributed by atoms with Crippen molar-refractivity contribution in [2.75, 3.05) is 12.3 Å². The molecule has 0 rings (SSSR count). The van der Waals surface area contributed by atoms with E-state index in [0.29, 0.717) is 12.3 Å². The summed E-state index contributed by atoms with van der Waals surface area (Å²) in [7, 11) is 0. The van der Waals surface area contributed by atoms with Gasteiger partial charge < -0.3 is 20.7 Å². The summed E-state index contributed by atoms with van der Waals surface area (Å²) in [5.41, 5.74) is 0. The number of rotatable bonds is 13. The Bertz CT molecular complexity index is 666. The Labute approximate surface area is 195 Å². The molecule has 10 heteroatoms. The molecule has 0 saturated heterocycles. The summed E-state index contributed by atoms with van der Waals surface area (Å²) >= 11 is 1.02. The number of amides is 3. The highest BCUT2D eigenvalue weighted by atomic mass is 32.2. The van der Waals surface area contributed by atoms with Crippen molar-refractivity contribution in [3.8, 4) is 0 Å². The normalized spacial score (nSPS) is 14.0. The van der Waals surface area contributed by atoms with Gasteiger partial charge in [0.1, 0.15) is 12.1 Å². The average molecular weight is 474 g/mol. The minimum atomic E-state index is -1.14. The Kier molecular flexibility index (Phi) is 13.9. The Morgan fingerprint density at radius 1 is 0.844 bits per heavy atom. The van der Waals surface area contributed by atoms with Gasteiger partial charge in [0.05, 0.1) is 0 Å². The lowest BCUT2D eigenvalue weighted by Gasteiger charge is -2.25. The Morgan fingerprint density at radius 2 is 1.41 bits per heavy atom. The fourth-order valence-electron chi connectivity index (χ4n) is 2.64. The Balaban J connectivity index is 4.92. The zero-order chi connectivity index (χ0) is 25.0. The standard InChI is InChI=1S/C22H39N3O6S/c1-12(2)11-17(27)24-18(13(3)4)21(29)31-15(7)20(28)25-19(14(5)6)22(30)32-10-9-23-16(8)26/h12-15,18-19H,9-11H2,1-8H3,(H,23,26)(H,24,27)(H,25,28)/t15-,18?,19-/m0/s1. The van der Waals surface area contributed by atoms with Gasteiger partial charge in [-0.05, 0) is 24.7 Å². The maximum absolute atomic E-state index is 12.6. The van der Waals surface area contributed by atoms with Gasteiger partial charge in [0.25, 0.3) is 5.91 Å².